The van der Waals surface area contributed by atoms with E-state index in [1.807, 2.05) is 36.5 Å². The van der Waals surface area contributed by atoms with E-state index in [1.54, 1.807) is 0 Å². The fraction of sp³-hybridized carbons (Fsp3) is 0. The number of ether oxygens (including phenoxy) is 2. The lowest BCUT2D eigenvalue weighted by atomic mass is 9.95. The van der Waals surface area contributed by atoms with Crippen LogP contribution in [0.15, 0.2) is 273 Å². The van der Waals surface area contributed by atoms with Crippen molar-refractivity contribution in [3.05, 3.63) is 273 Å². The van der Waals surface area contributed by atoms with Crippen molar-refractivity contribution >= 4 is 32.8 Å². The first kappa shape index (κ1) is 42.3. The smallest absolute Gasteiger partial charge is 0.255 e. The van der Waals surface area contributed by atoms with Gasteiger partial charge in [-0.05, 0) is 70.8 Å². The number of imidazole rings is 1. The van der Waals surface area contributed by atoms with Gasteiger partial charge in [-0.15, -0.1) is 0 Å². The standard InChI is InChI=1S/C66H45N4O2/c1-5-20-46(21-6-1)54-31-18-32-55(47-22-7-2-8-23-47)65(54)69-45-68(61-36-15-16-37-62(61)69)50-28-17-29-51(42-50)71-52-38-39-59-58-30-13-14-35-60(58)70(63(59)43-52)64-44-53(40-41-67-64)72-66-56(48-24-9-3-10-25-48)33-19-34-57(66)49-26-11-4-12-27-49/h1-45H/q+1. The van der Waals surface area contributed by atoms with E-state index in [9.17, 15) is 0 Å². The molecule has 6 nitrogen and oxygen atoms in total. The highest BCUT2D eigenvalue weighted by Gasteiger charge is 2.25. The second-order valence-electron chi connectivity index (χ2n) is 17.8. The van der Waals surface area contributed by atoms with Gasteiger partial charge in [0.25, 0.3) is 6.33 Å². The highest BCUT2D eigenvalue weighted by atomic mass is 16.5. The topological polar surface area (TPSA) is 45.1 Å². The van der Waals surface area contributed by atoms with Crippen LogP contribution in [0.3, 0.4) is 0 Å². The van der Waals surface area contributed by atoms with Crippen molar-refractivity contribution in [3.63, 3.8) is 0 Å². The lowest BCUT2D eigenvalue weighted by Crippen LogP contribution is -2.30. The van der Waals surface area contributed by atoms with Crippen molar-refractivity contribution < 1.29 is 14.0 Å². The molecule has 13 rings (SSSR count). The number of hydrogen-bond acceptors (Lipinski definition) is 3. The van der Waals surface area contributed by atoms with Crippen molar-refractivity contribution in [2.45, 2.75) is 0 Å². The predicted octanol–water partition coefficient (Wildman–Crippen LogP) is 16.7. The van der Waals surface area contributed by atoms with Gasteiger partial charge in [0.15, 0.2) is 11.0 Å². The number of hydrogen-bond donors (Lipinski definition) is 0. The van der Waals surface area contributed by atoms with Gasteiger partial charge in [-0.2, -0.15) is 9.13 Å². The van der Waals surface area contributed by atoms with Crippen LogP contribution >= 0.6 is 0 Å². The summed E-state index contributed by atoms with van der Waals surface area (Å²) in [5.74, 6) is 3.61. The fourth-order valence-electron chi connectivity index (χ4n) is 10.1. The molecular weight excluding hydrogens is 881 g/mol. The van der Waals surface area contributed by atoms with E-state index in [1.165, 1.54) is 0 Å². The SMILES string of the molecule is c1ccc(-c2cccc(-c3ccccc3)c2Oc2ccnc(-n3c4ccccc4c4ccc(Oc5cccc(-n6c[n+](-c7c(-c8ccccc8)cccc7-c7ccccc7)c7ccccc76)c5)cc43)c2)cc1. The summed E-state index contributed by atoms with van der Waals surface area (Å²) in [5, 5.41) is 2.21. The van der Waals surface area contributed by atoms with Gasteiger partial charge in [-0.1, -0.05) is 194 Å². The largest absolute Gasteiger partial charge is 0.457 e. The summed E-state index contributed by atoms with van der Waals surface area (Å²) in [6.45, 7) is 0. The molecule has 0 aliphatic carbocycles. The molecule has 0 atom stereocenters. The van der Waals surface area contributed by atoms with Gasteiger partial charge in [0, 0.05) is 57.4 Å². The monoisotopic (exact) mass is 925 g/mol. The maximum Gasteiger partial charge on any atom is 0.255 e. The van der Waals surface area contributed by atoms with E-state index >= 15 is 0 Å². The summed E-state index contributed by atoms with van der Waals surface area (Å²) in [4.78, 5) is 4.97. The highest BCUT2D eigenvalue weighted by Crippen LogP contribution is 2.43. The van der Waals surface area contributed by atoms with E-state index in [0.717, 1.165) is 100 Å². The molecule has 10 aromatic carbocycles. The van der Waals surface area contributed by atoms with Crippen LogP contribution in [0, 0.1) is 0 Å². The van der Waals surface area contributed by atoms with Gasteiger partial charge >= 0.3 is 0 Å². The molecule has 0 spiro atoms. The van der Waals surface area contributed by atoms with Gasteiger partial charge in [-0.3, -0.25) is 4.57 Å². The molecule has 0 unspecified atom stereocenters. The van der Waals surface area contributed by atoms with Crippen molar-refractivity contribution in [2.24, 2.45) is 0 Å². The molecule has 0 radical (unpaired) electrons. The van der Waals surface area contributed by atoms with Gasteiger partial charge in [-0.25, -0.2) is 4.98 Å². The number of aromatic nitrogens is 4. The van der Waals surface area contributed by atoms with Crippen molar-refractivity contribution in [3.8, 4) is 84.7 Å². The molecule has 0 amide bonds. The Labute approximate surface area is 417 Å². The second-order valence-corrected chi connectivity index (χ2v) is 17.8. The molecule has 0 saturated heterocycles. The average molecular weight is 926 g/mol. The average Bonchev–Trinajstić information content (AvgIpc) is 4.00. The van der Waals surface area contributed by atoms with Crippen LogP contribution < -0.4 is 14.0 Å². The quantitative estimate of drug-likeness (QED) is 0.121. The van der Waals surface area contributed by atoms with Crippen molar-refractivity contribution in [1.29, 1.82) is 0 Å². The fourth-order valence-corrected chi connectivity index (χ4v) is 10.1. The number of fused-ring (bicyclic) bond motifs is 4. The summed E-state index contributed by atoms with van der Waals surface area (Å²) in [6.07, 6.45) is 4.03. The highest BCUT2D eigenvalue weighted by molar-refractivity contribution is 6.09. The molecule has 6 heteroatoms. The zero-order valence-corrected chi connectivity index (χ0v) is 39.1. The first-order valence-corrected chi connectivity index (χ1v) is 24.2. The normalized spacial score (nSPS) is 11.3. The van der Waals surface area contributed by atoms with E-state index in [0.29, 0.717) is 17.2 Å². The summed E-state index contributed by atoms with van der Waals surface area (Å²) in [5.41, 5.74) is 15.0. The molecule has 0 fully saturated rings. The minimum atomic E-state index is 0.675. The molecule has 0 aliphatic rings. The van der Waals surface area contributed by atoms with Crippen LogP contribution in [0.25, 0.3) is 94.5 Å². The van der Waals surface area contributed by atoms with Gasteiger partial charge in [0.2, 0.25) is 0 Å². The predicted molar refractivity (Wildman–Crippen MR) is 292 cm³/mol. The first-order valence-electron chi connectivity index (χ1n) is 24.2. The summed E-state index contributed by atoms with van der Waals surface area (Å²) >= 11 is 0. The van der Waals surface area contributed by atoms with Gasteiger partial charge < -0.3 is 9.47 Å². The molecule has 72 heavy (non-hydrogen) atoms. The Hall–Kier alpha value is -9.78. The van der Waals surface area contributed by atoms with Gasteiger partial charge in [0.05, 0.1) is 11.0 Å². The Morgan fingerprint density at radius 2 is 0.875 bits per heavy atom. The number of nitrogens with zero attached hydrogens (tertiary/aromatic N) is 4. The maximum absolute atomic E-state index is 6.99. The van der Waals surface area contributed by atoms with Crippen LogP contribution in [0.5, 0.6) is 23.0 Å². The Morgan fingerprint density at radius 3 is 1.53 bits per heavy atom. The summed E-state index contributed by atoms with van der Waals surface area (Å²) in [6, 6.07) is 90.6. The third-order valence-corrected chi connectivity index (χ3v) is 13.4. The molecule has 0 aliphatic heterocycles. The number of rotatable bonds is 11. The molecular formula is C66H45N4O2+. The van der Waals surface area contributed by atoms with Crippen LogP contribution in [0.1, 0.15) is 0 Å². The molecule has 3 aromatic heterocycles. The Morgan fingerprint density at radius 1 is 0.361 bits per heavy atom. The lowest BCUT2D eigenvalue weighted by Gasteiger charge is -2.17. The molecule has 13 aromatic rings. The maximum atomic E-state index is 6.99. The van der Waals surface area contributed by atoms with E-state index in [4.69, 9.17) is 14.5 Å². The zero-order valence-electron chi connectivity index (χ0n) is 39.1. The lowest BCUT2D eigenvalue weighted by molar-refractivity contribution is -0.566. The minimum absolute atomic E-state index is 0.675. The van der Waals surface area contributed by atoms with Crippen molar-refractivity contribution in [1.82, 2.24) is 14.1 Å². The third kappa shape index (κ3) is 7.74. The third-order valence-electron chi connectivity index (χ3n) is 13.4. The number of pyridine rings is 1. The minimum Gasteiger partial charge on any atom is -0.457 e. The van der Waals surface area contributed by atoms with E-state index < -0.39 is 0 Å². The van der Waals surface area contributed by atoms with Crippen LogP contribution in [0.4, 0.5) is 0 Å². The van der Waals surface area contributed by atoms with E-state index in [-0.39, 0.29) is 0 Å². The first-order chi connectivity index (χ1) is 35.7. The Bertz CT molecular complexity index is 3980. The molecule has 0 saturated carbocycles. The van der Waals surface area contributed by atoms with Crippen LogP contribution in [0.2, 0.25) is 0 Å². The summed E-state index contributed by atoms with van der Waals surface area (Å²) in [7, 11) is 0. The second kappa shape index (κ2) is 18.3. The van der Waals surface area contributed by atoms with Crippen molar-refractivity contribution in [2.75, 3.05) is 0 Å². The Balaban J connectivity index is 0.882. The zero-order chi connectivity index (χ0) is 47.8. The molecule has 0 N–H and O–H groups in total. The van der Waals surface area contributed by atoms with Crippen LogP contribution in [-0.4, -0.2) is 14.1 Å². The van der Waals surface area contributed by atoms with Crippen LogP contribution in [-0.2, 0) is 0 Å². The molecule has 3 heterocycles. The summed E-state index contributed by atoms with van der Waals surface area (Å²) < 4.78 is 20.6. The number of para-hydroxylation sites is 5. The van der Waals surface area contributed by atoms with E-state index in [2.05, 4.69) is 251 Å². The molecule has 340 valence electrons. The number of benzene rings is 10. The Kier molecular flexibility index (Phi) is 10.7. The molecule has 0 bridgehead atoms. The van der Waals surface area contributed by atoms with Gasteiger partial charge in [0.1, 0.15) is 40.2 Å².